The van der Waals surface area contributed by atoms with Crippen molar-refractivity contribution in [2.24, 2.45) is 5.10 Å². The lowest BCUT2D eigenvalue weighted by Crippen LogP contribution is -2.53. The van der Waals surface area contributed by atoms with E-state index in [-0.39, 0.29) is 30.4 Å². The second-order valence-corrected chi connectivity index (χ2v) is 6.62. The van der Waals surface area contributed by atoms with Gasteiger partial charge in [0.2, 0.25) is 5.91 Å². The molecule has 2 heterocycles. The van der Waals surface area contributed by atoms with Crippen molar-refractivity contribution in [3.63, 3.8) is 0 Å². The van der Waals surface area contributed by atoms with Crippen molar-refractivity contribution in [1.29, 1.82) is 0 Å². The van der Waals surface area contributed by atoms with Gasteiger partial charge in [-0.1, -0.05) is 30.3 Å². The van der Waals surface area contributed by atoms with Crippen molar-refractivity contribution in [3.8, 4) is 0 Å². The monoisotopic (exact) mass is 343 g/mol. The Labute approximate surface area is 145 Å². The number of hydrogen-bond donors (Lipinski definition) is 1. The summed E-state index contributed by atoms with van der Waals surface area (Å²) in [5.41, 5.74) is -0.0274. The van der Waals surface area contributed by atoms with Crippen LogP contribution in [0, 0.1) is 0 Å². The topological polar surface area (TPSA) is 90.3 Å². The highest BCUT2D eigenvalue weighted by molar-refractivity contribution is 6.40. The number of rotatable bonds is 4. The Balaban J connectivity index is 1.81. The van der Waals surface area contributed by atoms with E-state index in [1.807, 2.05) is 30.3 Å². The van der Waals surface area contributed by atoms with Crippen molar-refractivity contribution in [2.45, 2.75) is 44.7 Å². The quantitative estimate of drug-likeness (QED) is 0.900. The lowest BCUT2D eigenvalue weighted by atomic mass is 9.98. The summed E-state index contributed by atoms with van der Waals surface area (Å²) < 4.78 is 0. The zero-order valence-electron chi connectivity index (χ0n) is 14.1. The van der Waals surface area contributed by atoms with Crippen LogP contribution in [0.1, 0.15) is 38.2 Å². The Kier molecular flexibility index (Phi) is 4.57. The second-order valence-electron chi connectivity index (χ2n) is 6.62. The zero-order chi connectivity index (χ0) is 18.0. The Morgan fingerprint density at radius 2 is 1.96 bits per heavy atom. The number of carboxylic acid groups (broad SMARTS) is 1. The fourth-order valence-electron chi connectivity index (χ4n) is 3.30. The maximum Gasteiger partial charge on any atom is 0.329 e. The van der Waals surface area contributed by atoms with E-state index in [4.69, 9.17) is 0 Å². The van der Waals surface area contributed by atoms with Crippen molar-refractivity contribution in [3.05, 3.63) is 35.9 Å². The van der Waals surface area contributed by atoms with Crippen LogP contribution in [0.2, 0.25) is 0 Å². The lowest BCUT2D eigenvalue weighted by molar-refractivity contribution is -0.153. The van der Waals surface area contributed by atoms with E-state index in [2.05, 4.69) is 5.10 Å². The van der Waals surface area contributed by atoms with Gasteiger partial charge in [0.05, 0.1) is 6.54 Å². The Hall–Kier alpha value is -2.70. The third-order valence-corrected chi connectivity index (χ3v) is 4.87. The molecule has 0 bridgehead atoms. The van der Waals surface area contributed by atoms with Crippen LogP contribution in [-0.2, 0) is 20.9 Å². The minimum Gasteiger partial charge on any atom is -0.480 e. The lowest BCUT2D eigenvalue weighted by Gasteiger charge is -2.33. The van der Waals surface area contributed by atoms with E-state index in [0.717, 1.165) is 5.56 Å². The number of carbonyl (C=O) groups excluding carboxylic acids is 2. The van der Waals surface area contributed by atoms with Crippen molar-refractivity contribution in [2.75, 3.05) is 6.54 Å². The maximum absolute atomic E-state index is 12.8. The summed E-state index contributed by atoms with van der Waals surface area (Å²) in [7, 11) is 0. The molecule has 1 saturated heterocycles. The molecule has 1 aromatic carbocycles. The molecule has 1 N–H and O–H groups in total. The molecule has 3 rings (SSSR count). The Morgan fingerprint density at radius 1 is 1.24 bits per heavy atom. The summed E-state index contributed by atoms with van der Waals surface area (Å²) >= 11 is 0. The van der Waals surface area contributed by atoms with Crippen LogP contribution in [0.25, 0.3) is 0 Å². The largest absolute Gasteiger partial charge is 0.480 e. The Bertz CT molecular complexity index is 731. The van der Waals surface area contributed by atoms with E-state index < -0.39 is 11.5 Å². The third-order valence-electron chi connectivity index (χ3n) is 4.87. The van der Waals surface area contributed by atoms with Crippen LogP contribution < -0.4 is 0 Å². The molecular formula is C18H21N3O4. The molecule has 7 heteroatoms. The summed E-state index contributed by atoms with van der Waals surface area (Å²) in [5.74, 6) is -1.53. The fourth-order valence-corrected chi connectivity index (χ4v) is 3.30. The molecule has 1 atom stereocenters. The predicted octanol–water partition coefficient (Wildman–Crippen LogP) is 1.63. The molecule has 7 nitrogen and oxygen atoms in total. The third kappa shape index (κ3) is 3.26. The molecule has 2 amide bonds. The minimum absolute atomic E-state index is 0.136. The summed E-state index contributed by atoms with van der Waals surface area (Å²) in [5, 5.41) is 15.0. The van der Waals surface area contributed by atoms with Gasteiger partial charge in [-0.2, -0.15) is 5.10 Å². The summed E-state index contributed by atoms with van der Waals surface area (Å²) in [6.45, 7) is 2.26. The summed E-state index contributed by atoms with van der Waals surface area (Å²) in [6, 6.07) is 9.42. The zero-order valence-corrected chi connectivity index (χ0v) is 14.1. The average molecular weight is 343 g/mol. The van der Waals surface area contributed by atoms with Gasteiger partial charge in [-0.05, 0) is 25.3 Å². The molecule has 0 radical (unpaired) electrons. The SMILES string of the molecule is CC1(C(=O)O)CCCN1C(=O)C1=NN(Cc2ccccc2)C(=O)CC1. The van der Waals surface area contributed by atoms with Crippen LogP contribution in [0.15, 0.2) is 35.4 Å². The van der Waals surface area contributed by atoms with Crippen molar-refractivity contribution >= 4 is 23.5 Å². The summed E-state index contributed by atoms with van der Waals surface area (Å²) in [6.07, 6.45) is 1.52. The first kappa shape index (κ1) is 17.1. The maximum atomic E-state index is 12.8. The second kappa shape index (κ2) is 6.66. The van der Waals surface area contributed by atoms with Gasteiger partial charge in [0.15, 0.2) is 0 Å². The highest BCUT2D eigenvalue weighted by atomic mass is 16.4. The molecule has 0 saturated carbocycles. The first-order valence-electron chi connectivity index (χ1n) is 8.39. The van der Waals surface area contributed by atoms with Gasteiger partial charge in [0, 0.05) is 19.4 Å². The van der Waals surface area contributed by atoms with Gasteiger partial charge in [0.1, 0.15) is 11.3 Å². The molecule has 0 spiro atoms. The molecule has 25 heavy (non-hydrogen) atoms. The van der Waals surface area contributed by atoms with Crippen molar-refractivity contribution in [1.82, 2.24) is 9.91 Å². The van der Waals surface area contributed by atoms with E-state index in [9.17, 15) is 19.5 Å². The van der Waals surface area contributed by atoms with E-state index in [1.54, 1.807) is 6.92 Å². The molecule has 2 aliphatic rings. The highest BCUT2D eigenvalue weighted by Gasteiger charge is 2.47. The smallest absolute Gasteiger partial charge is 0.329 e. The van der Waals surface area contributed by atoms with Crippen LogP contribution in [0.3, 0.4) is 0 Å². The number of aliphatic carboxylic acids is 1. The number of hydrogen-bond acceptors (Lipinski definition) is 4. The number of carbonyl (C=O) groups is 3. The number of nitrogens with zero attached hydrogens (tertiary/aromatic N) is 3. The molecule has 132 valence electrons. The molecule has 0 aromatic heterocycles. The van der Waals surface area contributed by atoms with Gasteiger partial charge in [-0.15, -0.1) is 0 Å². The van der Waals surface area contributed by atoms with Gasteiger partial charge in [-0.25, -0.2) is 9.80 Å². The van der Waals surface area contributed by atoms with Gasteiger partial charge >= 0.3 is 5.97 Å². The van der Waals surface area contributed by atoms with Gasteiger partial charge < -0.3 is 10.0 Å². The number of benzene rings is 1. The fraction of sp³-hybridized carbons (Fsp3) is 0.444. The van der Waals surface area contributed by atoms with E-state index in [0.29, 0.717) is 25.9 Å². The van der Waals surface area contributed by atoms with Crippen LogP contribution in [0.5, 0.6) is 0 Å². The standard InChI is InChI=1S/C18H21N3O4/c1-18(17(24)25)10-5-11-20(18)16(23)14-8-9-15(22)21(19-14)12-13-6-3-2-4-7-13/h2-4,6-7H,5,8-12H2,1H3,(H,24,25). The predicted molar refractivity (Wildman–Crippen MR) is 90.6 cm³/mol. The van der Waals surface area contributed by atoms with Crippen molar-refractivity contribution < 1.29 is 19.5 Å². The first-order valence-corrected chi connectivity index (χ1v) is 8.39. The minimum atomic E-state index is -1.20. The van der Waals surface area contributed by atoms with Crippen LogP contribution in [0.4, 0.5) is 0 Å². The molecule has 0 aliphatic carbocycles. The summed E-state index contributed by atoms with van der Waals surface area (Å²) in [4.78, 5) is 37.9. The molecule has 2 aliphatic heterocycles. The van der Waals surface area contributed by atoms with Gasteiger partial charge in [-0.3, -0.25) is 9.59 Å². The Morgan fingerprint density at radius 3 is 2.64 bits per heavy atom. The number of hydrazone groups is 1. The van der Waals surface area contributed by atoms with Crippen LogP contribution >= 0.6 is 0 Å². The van der Waals surface area contributed by atoms with E-state index in [1.165, 1.54) is 9.91 Å². The number of carboxylic acids is 1. The molecular weight excluding hydrogens is 322 g/mol. The average Bonchev–Trinajstić information content (AvgIpc) is 3.00. The van der Waals surface area contributed by atoms with Gasteiger partial charge in [0.25, 0.3) is 5.91 Å². The normalized spacial score (nSPS) is 23.6. The van der Waals surface area contributed by atoms with E-state index >= 15 is 0 Å². The number of amides is 2. The molecule has 1 fully saturated rings. The number of likely N-dealkylation sites (tertiary alicyclic amines) is 1. The molecule has 1 aromatic rings. The van der Waals surface area contributed by atoms with Crippen LogP contribution in [-0.4, -0.2) is 50.6 Å². The molecule has 1 unspecified atom stereocenters. The highest BCUT2D eigenvalue weighted by Crippen LogP contribution is 2.30. The first-order chi connectivity index (χ1) is 11.9.